The number of aliphatic carboxylic acids is 1. The molecular formula is C8H15NO5S. The van der Waals surface area contributed by atoms with E-state index in [0.29, 0.717) is 0 Å². The van der Waals surface area contributed by atoms with E-state index >= 15 is 0 Å². The number of carbonyl (C=O) groups excluding carboxylic acids is 1. The molecule has 0 heterocycles. The molecule has 0 rings (SSSR count). The molecule has 0 bridgehead atoms. The molecule has 0 aliphatic rings. The molecule has 15 heavy (non-hydrogen) atoms. The van der Waals surface area contributed by atoms with Gasteiger partial charge in [-0.1, -0.05) is 0 Å². The van der Waals surface area contributed by atoms with E-state index < -0.39 is 38.8 Å². The summed E-state index contributed by atoms with van der Waals surface area (Å²) in [6.07, 6.45) is 0. The van der Waals surface area contributed by atoms with Crippen molar-refractivity contribution >= 4 is 21.7 Å². The topological polar surface area (TPSA) is 101 Å². The number of amides is 1. The lowest BCUT2D eigenvalue weighted by Crippen LogP contribution is -2.44. The molecule has 0 aromatic carbocycles. The monoisotopic (exact) mass is 237 g/mol. The minimum Gasteiger partial charge on any atom is -0.480 e. The van der Waals surface area contributed by atoms with Crippen LogP contribution in [0.2, 0.25) is 0 Å². The maximum Gasteiger partial charge on any atom is 0.318 e. The largest absolute Gasteiger partial charge is 0.480 e. The second-order valence-corrected chi connectivity index (χ2v) is 6.29. The van der Waals surface area contributed by atoms with Crippen molar-refractivity contribution in [1.29, 1.82) is 0 Å². The van der Waals surface area contributed by atoms with Crippen LogP contribution in [-0.2, 0) is 19.4 Å². The molecule has 0 aromatic heterocycles. The summed E-state index contributed by atoms with van der Waals surface area (Å²) in [7, 11) is -3.86. The standard InChI is InChI=1S/C8H15NO5S/c1-8(2,3)9-6(10)4-15(13,14)5-7(11)12/h4-5H2,1-3H3,(H,9,10)(H,11,12). The van der Waals surface area contributed by atoms with Crippen LogP contribution in [0.4, 0.5) is 0 Å². The summed E-state index contributed by atoms with van der Waals surface area (Å²) >= 11 is 0. The third-order valence-corrected chi connectivity index (χ3v) is 2.60. The van der Waals surface area contributed by atoms with E-state index in [4.69, 9.17) is 5.11 Å². The van der Waals surface area contributed by atoms with Gasteiger partial charge in [0.15, 0.2) is 9.84 Å². The number of carbonyl (C=O) groups is 2. The fourth-order valence-electron chi connectivity index (χ4n) is 0.893. The number of carboxylic acid groups (broad SMARTS) is 1. The number of carboxylic acids is 1. The number of hydrogen-bond donors (Lipinski definition) is 2. The van der Waals surface area contributed by atoms with E-state index in [1.807, 2.05) is 0 Å². The first-order chi connectivity index (χ1) is 6.52. The highest BCUT2D eigenvalue weighted by atomic mass is 32.2. The van der Waals surface area contributed by atoms with Gasteiger partial charge in [-0.25, -0.2) is 8.42 Å². The van der Waals surface area contributed by atoms with Gasteiger partial charge in [-0.15, -0.1) is 0 Å². The molecule has 0 aliphatic carbocycles. The van der Waals surface area contributed by atoms with Crippen LogP contribution in [0.15, 0.2) is 0 Å². The van der Waals surface area contributed by atoms with E-state index in [-0.39, 0.29) is 0 Å². The third-order valence-electron chi connectivity index (χ3n) is 1.21. The molecule has 6 nitrogen and oxygen atoms in total. The molecule has 0 spiro atoms. The van der Waals surface area contributed by atoms with Crippen LogP contribution in [0.5, 0.6) is 0 Å². The molecule has 7 heteroatoms. The Bertz CT molecular complexity index is 352. The summed E-state index contributed by atoms with van der Waals surface area (Å²) < 4.78 is 22.2. The molecule has 0 radical (unpaired) electrons. The number of rotatable bonds is 4. The van der Waals surface area contributed by atoms with Crippen molar-refractivity contribution < 1.29 is 23.1 Å². The van der Waals surface area contributed by atoms with Crippen LogP contribution in [0.3, 0.4) is 0 Å². The minimum atomic E-state index is -3.86. The predicted octanol–water partition coefficient (Wildman–Crippen LogP) is -0.599. The molecule has 0 aliphatic heterocycles. The minimum absolute atomic E-state index is 0.532. The zero-order valence-electron chi connectivity index (χ0n) is 8.90. The number of nitrogens with one attached hydrogen (secondary N) is 1. The summed E-state index contributed by atoms with van der Waals surface area (Å²) in [6, 6.07) is 0. The highest BCUT2D eigenvalue weighted by Gasteiger charge is 2.22. The molecule has 1 amide bonds. The van der Waals surface area contributed by atoms with Gasteiger partial charge in [-0.05, 0) is 20.8 Å². The van der Waals surface area contributed by atoms with E-state index in [2.05, 4.69) is 5.32 Å². The quantitative estimate of drug-likeness (QED) is 0.680. The summed E-state index contributed by atoms with van der Waals surface area (Å²) in [6.45, 7) is 5.11. The van der Waals surface area contributed by atoms with E-state index in [1.54, 1.807) is 20.8 Å². The van der Waals surface area contributed by atoms with Gasteiger partial charge in [0.1, 0.15) is 11.5 Å². The summed E-state index contributed by atoms with van der Waals surface area (Å²) in [5, 5.41) is 10.7. The van der Waals surface area contributed by atoms with Gasteiger partial charge in [-0.2, -0.15) is 0 Å². The Morgan fingerprint density at radius 2 is 1.67 bits per heavy atom. The van der Waals surface area contributed by atoms with Gasteiger partial charge >= 0.3 is 5.97 Å². The van der Waals surface area contributed by atoms with Crippen molar-refractivity contribution in [3.05, 3.63) is 0 Å². The van der Waals surface area contributed by atoms with Crippen molar-refractivity contribution in [1.82, 2.24) is 5.32 Å². The summed E-state index contributed by atoms with van der Waals surface area (Å²) in [4.78, 5) is 21.3. The van der Waals surface area contributed by atoms with Crippen molar-refractivity contribution in [2.75, 3.05) is 11.5 Å². The predicted molar refractivity (Wildman–Crippen MR) is 54.2 cm³/mol. The maximum atomic E-state index is 11.2. The Labute approximate surface area is 88.6 Å². The summed E-state index contributed by atoms with van der Waals surface area (Å²) in [5.41, 5.74) is -0.532. The van der Waals surface area contributed by atoms with Gasteiger partial charge in [-0.3, -0.25) is 9.59 Å². The first-order valence-corrected chi connectivity index (χ1v) is 6.07. The van der Waals surface area contributed by atoms with Crippen molar-refractivity contribution in [3.8, 4) is 0 Å². The highest BCUT2D eigenvalue weighted by molar-refractivity contribution is 7.92. The van der Waals surface area contributed by atoms with E-state index in [0.717, 1.165) is 0 Å². The van der Waals surface area contributed by atoms with Gasteiger partial charge in [0.25, 0.3) is 0 Å². The molecule has 0 saturated carbocycles. The second kappa shape index (κ2) is 4.61. The molecule has 0 unspecified atom stereocenters. The second-order valence-electron chi connectivity index (χ2n) is 4.22. The van der Waals surface area contributed by atoms with Crippen molar-refractivity contribution in [3.63, 3.8) is 0 Å². The van der Waals surface area contributed by atoms with Crippen LogP contribution in [0.1, 0.15) is 20.8 Å². The maximum absolute atomic E-state index is 11.2. The Kier molecular flexibility index (Phi) is 4.27. The molecule has 0 atom stereocenters. The molecule has 0 fully saturated rings. The first kappa shape index (κ1) is 13.9. The van der Waals surface area contributed by atoms with Crippen LogP contribution in [-0.4, -0.2) is 42.4 Å². The lowest BCUT2D eigenvalue weighted by atomic mass is 10.1. The van der Waals surface area contributed by atoms with E-state index in [9.17, 15) is 18.0 Å². The van der Waals surface area contributed by atoms with Crippen LogP contribution < -0.4 is 5.32 Å². The van der Waals surface area contributed by atoms with Crippen LogP contribution >= 0.6 is 0 Å². The van der Waals surface area contributed by atoms with Crippen LogP contribution in [0.25, 0.3) is 0 Å². The Balaban J connectivity index is 4.36. The molecule has 2 N–H and O–H groups in total. The normalized spacial score (nSPS) is 12.2. The van der Waals surface area contributed by atoms with Gasteiger partial charge in [0.2, 0.25) is 5.91 Å². The molecule has 88 valence electrons. The lowest BCUT2D eigenvalue weighted by molar-refractivity contribution is -0.134. The average molecular weight is 237 g/mol. The molecule has 0 saturated heterocycles. The van der Waals surface area contributed by atoms with Crippen molar-refractivity contribution in [2.45, 2.75) is 26.3 Å². The fraction of sp³-hybridized carbons (Fsp3) is 0.750. The smallest absolute Gasteiger partial charge is 0.318 e. The SMILES string of the molecule is CC(C)(C)NC(=O)CS(=O)(=O)CC(=O)O. The van der Waals surface area contributed by atoms with Gasteiger partial charge in [0.05, 0.1) is 0 Å². The third kappa shape index (κ3) is 7.92. The molecular weight excluding hydrogens is 222 g/mol. The number of sulfone groups is 1. The average Bonchev–Trinajstić information content (AvgIpc) is 1.73. The molecule has 0 aromatic rings. The lowest BCUT2D eigenvalue weighted by Gasteiger charge is -2.20. The number of hydrogen-bond acceptors (Lipinski definition) is 4. The zero-order valence-corrected chi connectivity index (χ0v) is 9.72. The Morgan fingerprint density at radius 1 is 1.20 bits per heavy atom. The van der Waals surface area contributed by atoms with E-state index in [1.165, 1.54) is 0 Å². The first-order valence-electron chi connectivity index (χ1n) is 4.25. The Morgan fingerprint density at radius 3 is 2.00 bits per heavy atom. The van der Waals surface area contributed by atoms with Gasteiger partial charge < -0.3 is 10.4 Å². The highest BCUT2D eigenvalue weighted by Crippen LogP contribution is 1.99. The van der Waals surface area contributed by atoms with Crippen LogP contribution in [0, 0.1) is 0 Å². The fourth-order valence-corrected chi connectivity index (χ4v) is 1.84. The summed E-state index contributed by atoms with van der Waals surface area (Å²) in [5.74, 6) is -3.97. The zero-order chi connectivity index (χ0) is 12.3. The van der Waals surface area contributed by atoms with Crippen molar-refractivity contribution in [2.24, 2.45) is 0 Å². The Hall–Kier alpha value is -1.11. The van der Waals surface area contributed by atoms with Gasteiger partial charge in [0, 0.05) is 5.54 Å².